The molecule has 0 N–H and O–H groups in total. The summed E-state index contributed by atoms with van der Waals surface area (Å²) in [6, 6.07) is 1.43. The van der Waals surface area contributed by atoms with Gasteiger partial charge in [0.05, 0.1) is 0 Å². The maximum Gasteiger partial charge on any atom is 0.161 e. The van der Waals surface area contributed by atoms with Gasteiger partial charge in [-0.05, 0) is 12.0 Å². The zero-order valence-electron chi connectivity index (χ0n) is 9.03. The summed E-state index contributed by atoms with van der Waals surface area (Å²) in [4.78, 5) is 0. The van der Waals surface area contributed by atoms with Crippen molar-refractivity contribution in [2.24, 2.45) is 5.92 Å². The van der Waals surface area contributed by atoms with Crippen LogP contribution < -0.4 is 0 Å². The van der Waals surface area contributed by atoms with Gasteiger partial charge in [0.15, 0.2) is 11.6 Å². The normalized spacial score (nSPS) is 12.3. The lowest BCUT2D eigenvalue weighted by Crippen LogP contribution is -1.97. The minimum atomic E-state index is -1.17. The van der Waals surface area contributed by atoms with E-state index in [1.54, 1.807) is 0 Å². The number of halogens is 4. The van der Waals surface area contributed by atoms with Crippen LogP contribution in [-0.4, -0.2) is 5.33 Å². The van der Waals surface area contributed by atoms with E-state index in [0.717, 1.165) is 11.6 Å². The standard InChI is InChI=1S/C12H12BrF3/c1-7(2)9(6-13)3-8-4-11(15)12(16)5-10(8)14/h3-5,7H,6H2,1-2H3/b9-3+. The molecule has 0 saturated carbocycles. The van der Waals surface area contributed by atoms with E-state index in [2.05, 4.69) is 15.9 Å². The van der Waals surface area contributed by atoms with Crippen LogP contribution in [0.5, 0.6) is 0 Å². The van der Waals surface area contributed by atoms with E-state index in [1.165, 1.54) is 6.08 Å². The summed E-state index contributed by atoms with van der Waals surface area (Å²) < 4.78 is 38.9. The Morgan fingerprint density at radius 1 is 1.19 bits per heavy atom. The van der Waals surface area contributed by atoms with Crippen LogP contribution in [0.2, 0.25) is 0 Å². The van der Waals surface area contributed by atoms with E-state index in [0.29, 0.717) is 11.4 Å². The Morgan fingerprint density at radius 3 is 2.25 bits per heavy atom. The molecule has 0 bridgehead atoms. The highest BCUT2D eigenvalue weighted by Crippen LogP contribution is 2.20. The molecule has 0 radical (unpaired) electrons. The first-order chi connectivity index (χ1) is 7.45. The van der Waals surface area contributed by atoms with Gasteiger partial charge < -0.3 is 0 Å². The van der Waals surface area contributed by atoms with Crippen LogP contribution in [0.3, 0.4) is 0 Å². The molecule has 0 saturated heterocycles. The molecule has 0 fully saturated rings. The van der Waals surface area contributed by atoms with E-state index in [-0.39, 0.29) is 11.5 Å². The molecule has 0 aliphatic rings. The Balaban J connectivity index is 3.18. The third-order valence-corrected chi connectivity index (χ3v) is 2.92. The highest BCUT2D eigenvalue weighted by atomic mass is 79.9. The predicted octanol–water partition coefficient (Wildman–Crippen LogP) is 4.54. The Morgan fingerprint density at radius 2 is 1.75 bits per heavy atom. The SMILES string of the molecule is CC(C)/C(=C/c1cc(F)c(F)cc1F)CBr. The maximum absolute atomic E-state index is 13.3. The fraction of sp³-hybridized carbons (Fsp3) is 0.333. The van der Waals surface area contributed by atoms with Gasteiger partial charge in [-0.25, -0.2) is 13.2 Å². The maximum atomic E-state index is 13.3. The second-order valence-electron chi connectivity index (χ2n) is 3.80. The molecule has 1 aromatic carbocycles. The molecule has 0 heterocycles. The Hall–Kier alpha value is -0.770. The molecular weight excluding hydrogens is 281 g/mol. The van der Waals surface area contributed by atoms with Crippen LogP contribution in [0, 0.1) is 23.4 Å². The molecule has 0 atom stereocenters. The average Bonchev–Trinajstić information content (AvgIpc) is 2.21. The number of hydrogen-bond donors (Lipinski definition) is 0. The molecule has 0 spiro atoms. The molecule has 4 heteroatoms. The van der Waals surface area contributed by atoms with Gasteiger partial charge in [0.2, 0.25) is 0 Å². The topological polar surface area (TPSA) is 0 Å². The Labute approximate surface area is 101 Å². The molecule has 0 unspecified atom stereocenters. The third-order valence-electron chi connectivity index (χ3n) is 2.28. The molecule has 1 rings (SSSR count). The van der Waals surface area contributed by atoms with Crippen molar-refractivity contribution in [2.45, 2.75) is 13.8 Å². The second kappa shape index (κ2) is 5.53. The number of rotatable bonds is 3. The number of hydrogen-bond acceptors (Lipinski definition) is 0. The van der Waals surface area contributed by atoms with Crippen LogP contribution >= 0.6 is 15.9 Å². The lowest BCUT2D eigenvalue weighted by molar-refractivity contribution is 0.494. The minimum absolute atomic E-state index is 0.0713. The highest BCUT2D eigenvalue weighted by molar-refractivity contribution is 9.09. The minimum Gasteiger partial charge on any atom is -0.206 e. The molecule has 0 aromatic heterocycles. The fourth-order valence-electron chi connectivity index (χ4n) is 1.21. The van der Waals surface area contributed by atoms with Crippen molar-refractivity contribution in [1.82, 2.24) is 0 Å². The van der Waals surface area contributed by atoms with Gasteiger partial charge in [-0.3, -0.25) is 0 Å². The zero-order valence-corrected chi connectivity index (χ0v) is 10.6. The van der Waals surface area contributed by atoms with Crippen LogP contribution in [0.4, 0.5) is 13.2 Å². The summed E-state index contributed by atoms with van der Waals surface area (Å²) in [6.07, 6.45) is 1.54. The molecule has 1 aromatic rings. The molecule has 88 valence electrons. The molecule has 0 aliphatic carbocycles. The van der Waals surface area contributed by atoms with Gasteiger partial charge in [0.1, 0.15) is 5.82 Å². The van der Waals surface area contributed by atoms with Gasteiger partial charge >= 0.3 is 0 Å². The molecule has 0 amide bonds. The molecule has 0 nitrogen and oxygen atoms in total. The van der Waals surface area contributed by atoms with Gasteiger partial charge in [0, 0.05) is 17.0 Å². The van der Waals surface area contributed by atoms with E-state index < -0.39 is 17.5 Å². The van der Waals surface area contributed by atoms with Gasteiger partial charge in [0.25, 0.3) is 0 Å². The summed E-state index contributed by atoms with van der Waals surface area (Å²) in [5.41, 5.74) is 0.993. The predicted molar refractivity (Wildman–Crippen MR) is 62.9 cm³/mol. The lowest BCUT2D eigenvalue weighted by atomic mass is 10.0. The van der Waals surface area contributed by atoms with Gasteiger partial charge in [-0.2, -0.15) is 0 Å². The van der Waals surface area contributed by atoms with Crippen molar-refractivity contribution < 1.29 is 13.2 Å². The van der Waals surface area contributed by atoms with Crippen molar-refractivity contribution in [1.29, 1.82) is 0 Å². The van der Waals surface area contributed by atoms with Gasteiger partial charge in [-0.15, -0.1) is 0 Å². The zero-order chi connectivity index (χ0) is 12.3. The first kappa shape index (κ1) is 13.3. The largest absolute Gasteiger partial charge is 0.206 e. The van der Waals surface area contributed by atoms with E-state index >= 15 is 0 Å². The van der Waals surface area contributed by atoms with Crippen molar-refractivity contribution in [3.8, 4) is 0 Å². The van der Waals surface area contributed by atoms with Crippen LogP contribution in [0.25, 0.3) is 6.08 Å². The quantitative estimate of drug-likeness (QED) is 0.567. The van der Waals surface area contributed by atoms with Crippen molar-refractivity contribution in [2.75, 3.05) is 5.33 Å². The van der Waals surface area contributed by atoms with Crippen molar-refractivity contribution in [3.63, 3.8) is 0 Å². The molecular formula is C12H12BrF3. The van der Waals surface area contributed by atoms with Crippen LogP contribution in [0.1, 0.15) is 19.4 Å². The first-order valence-corrected chi connectivity index (χ1v) is 5.98. The summed E-state index contributed by atoms with van der Waals surface area (Å²) >= 11 is 3.27. The van der Waals surface area contributed by atoms with E-state index in [4.69, 9.17) is 0 Å². The van der Waals surface area contributed by atoms with Crippen LogP contribution in [0.15, 0.2) is 17.7 Å². The number of alkyl halides is 1. The third kappa shape index (κ3) is 3.11. The fourth-order valence-corrected chi connectivity index (χ4v) is 2.02. The van der Waals surface area contributed by atoms with E-state index in [9.17, 15) is 13.2 Å². The summed E-state index contributed by atoms with van der Waals surface area (Å²) in [5, 5.41) is 0.573. The summed E-state index contributed by atoms with van der Waals surface area (Å²) in [7, 11) is 0. The van der Waals surface area contributed by atoms with E-state index in [1.807, 2.05) is 13.8 Å². The number of benzene rings is 1. The second-order valence-corrected chi connectivity index (χ2v) is 4.36. The first-order valence-electron chi connectivity index (χ1n) is 4.86. The van der Waals surface area contributed by atoms with Crippen molar-refractivity contribution in [3.05, 3.63) is 40.7 Å². The highest BCUT2D eigenvalue weighted by Gasteiger charge is 2.09. The molecule has 0 aliphatic heterocycles. The Kier molecular flexibility index (Phi) is 4.59. The number of allylic oxidation sites excluding steroid dienone is 1. The molecule has 16 heavy (non-hydrogen) atoms. The average molecular weight is 293 g/mol. The smallest absolute Gasteiger partial charge is 0.161 e. The van der Waals surface area contributed by atoms with Gasteiger partial charge in [-0.1, -0.05) is 41.4 Å². The lowest BCUT2D eigenvalue weighted by Gasteiger charge is -2.08. The Bertz CT molecular complexity index is 411. The summed E-state index contributed by atoms with van der Waals surface area (Å²) in [6.45, 7) is 3.90. The van der Waals surface area contributed by atoms with Crippen molar-refractivity contribution >= 4 is 22.0 Å². The monoisotopic (exact) mass is 292 g/mol. The summed E-state index contributed by atoms with van der Waals surface area (Å²) in [5.74, 6) is -2.74. The van der Waals surface area contributed by atoms with Crippen LogP contribution in [-0.2, 0) is 0 Å².